The maximum atomic E-state index is 13.4. The first-order valence-electron chi connectivity index (χ1n) is 5.90. The molecule has 0 radical (unpaired) electrons. The second kappa shape index (κ2) is 6.49. The molecule has 26 heavy (non-hydrogen) atoms. The molecule has 15 heteroatoms. The SMILES string of the molecule is O=C(Nc1ccnc(Br)c1)C(F)(F)C(F)(F)C(F)(F)C(F)(F)C(F)(F)F. The van der Waals surface area contributed by atoms with Crippen molar-refractivity contribution in [2.45, 2.75) is 29.9 Å². The Balaban J connectivity index is 3.28. The molecule has 148 valence electrons. The highest BCUT2D eigenvalue weighted by Crippen LogP contribution is 2.57. The number of halogens is 12. The summed E-state index contributed by atoms with van der Waals surface area (Å²) < 4.78 is 140. The Hall–Kier alpha value is -1.67. The smallest absolute Gasteiger partial charge is 0.320 e. The number of amides is 1. The second-order valence-corrected chi connectivity index (χ2v) is 5.43. The van der Waals surface area contributed by atoms with Crippen LogP contribution in [0.2, 0.25) is 0 Å². The Morgan fingerprint density at radius 2 is 1.38 bits per heavy atom. The van der Waals surface area contributed by atoms with Crippen molar-refractivity contribution in [3.63, 3.8) is 0 Å². The number of nitrogens with zero attached hydrogens (tertiary/aromatic N) is 1. The Bertz CT molecular complexity index is 689. The van der Waals surface area contributed by atoms with Crippen molar-refractivity contribution < 1.29 is 53.1 Å². The Morgan fingerprint density at radius 3 is 1.81 bits per heavy atom. The van der Waals surface area contributed by atoms with E-state index in [4.69, 9.17) is 0 Å². The molecule has 1 N–H and O–H groups in total. The zero-order valence-electron chi connectivity index (χ0n) is 11.6. The summed E-state index contributed by atoms with van der Waals surface area (Å²) in [6.45, 7) is 0. The molecule has 1 rings (SSSR count). The van der Waals surface area contributed by atoms with Crippen LogP contribution in [0.4, 0.5) is 54.0 Å². The van der Waals surface area contributed by atoms with Crippen LogP contribution in [0.25, 0.3) is 0 Å². The quantitative estimate of drug-likeness (QED) is 0.494. The van der Waals surface area contributed by atoms with Crippen LogP contribution < -0.4 is 5.32 Å². The highest BCUT2D eigenvalue weighted by atomic mass is 79.9. The van der Waals surface area contributed by atoms with E-state index in [1.54, 1.807) is 0 Å². The van der Waals surface area contributed by atoms with Gasteiger partial charge in [0.05, 0.1) is 0 Å². The molecule has 3 nitrogen and oxygen atoms in total. The molecule has 0 atom stereocenters. The van der Waals surface area contributed by atoms with E-state index in [1.165, 1.54) is 0 Å². The number of anilines is 1. The van der Waals surface area contributed by atoms with Gasteiger partial charge in [-0.25, -0.2) is 4.98 Å². The summed E-state index contributed by atoms with van der Waals surface area (Å²) in [6.07, 6.45) is -6.45. The van der Waals surface area contributed by atoms with Gasteiger partial charge in [-0.3, -0.25) is 4.79 Å². The Kier molecular flexibility index (Phi) is 5.59. The molecule has 0 aromatic carbocycles. The van der Waals surface area contributed by atoms with Crippen LogP contribution in [-0.2, 0) is 4.79 Å². The third kappa shape index (κ3) is 3.44. The van der Waals surface area contributed by atoms with Gasteiger partial charge in [-0.15, -0.1) is 0 Å². The molecular formula is C11H4BrF11N2O. The third-order valence-corrected chi connectivity index (χ3v) is 3.24. The molecular weight excluding hydrogens is 465 g/mol. The van der Waals surface area contributed by atoms with Crippen LogP contribution in [0, 0.1) is 0 Å². The molecule has 0 aliphatic heterocycles. The van der Waals surface area contributed by atoms with Gasteiger partial charge in [-0.05, 0) is 28.1 Å². The van der Waals surface area contributed by atoms with Gasteiger partial charge < -0.3 is 5.32 Å². The van der Waals surface area contributed by atoms with Gasteiger partial charge in [0.2, 0.25) is 0 Å². The van der Waals surface area contributed by atoms with Crippen molar-refractivity contribution in [1.29, 1.82) is 0 Å². The lowest BCUT2D eigenvalue weighted by Gasteiger charge is -2.36. The van der Waals surface area contributed by atoms with Crippen molar-refractivity contribution in [2.75, 3.05) is 5.32 Å². The van der Waals surface area contributed by atoms with E-state index in [1.807, 2.05) is 0 Å². The minimum absolute atomic E-state index is 0.140. The van der Waals surface area contributed by atoms with E-state index < -0.39 is 41.5 Å². The third-order valence-electron chi connectivity index (χ3n) is 2.81. The monoisotopic (exact) mass is 468 g/mol. The summed E-state index contributed by atoms with van der Waals surface area (Å²) in [5, 5.41) is 0.993. The number of carbonyl (C=O) groups excluding carboxylic acids is 1. The summed E-state index contributed by atoms with van der Waals surface area (Å²) in [5.74, 6) is -32.5. The van der Waals surface area contributed by atoms with Crippen LogP contribution in [0.1, 0.15) is 0 Å². The van der Waals surface area contributed by atoms with E-state index in [2.05, 4.69) is 20.9 Å². The fraction of sp³-hybridized carbons (Fsp3) is 0.455. The highest BCUT2D eigenvalue weighted by molar-refractivity contribution is 9.10. The van der Waals surface area contributed by atoms with Crippen LogP contribution in [0.3, 0.4) is 0 Å². The van der Waals surface area contributed by atoms with E-state index in [-0.39, 0.29) is 4.60 Å². The molecule has 1 aromatic rings. The van der Waals surface area contributed by atoms with Gasteiger partial charge in [-0.1, -0.05) is 0 Å². The summed E-state index contributed by atoms with van der Waals surface area (Å²) in [4.78, 5) is 14.6. The number of rotatable bonds is 5. The summed E-state index contributed by atoms with van der Waals surface area (Å²) >= 11 is 2.68. The number of nitrogens with one attached hydrogen (secondary N) is 1. The lowest BCUT2D eigenvalue weighted by molar-refractivity contribution is -0.416. The van der Waals surface area contributed by atoms with Gasteiger partial charge in [0, 0.05) is 11.9 Å². The van der Waals surface area contributed by atoms with E-state index >= 15 is 0 Å². The minimum atomic E-state index is -7.64. The number of hydrogen-bond acceptors (Lipinski definition) is 2. The molecule has 0 spiro atoms. The maximum Gasteiger partial charge on any atom is 0.460 e. The molecule has 0 saturated carbocycles. The molecule has 0 unspecified atom stereocenters. The summed E-state index contributed by atoms with van der Waals surface area (Å²) in [5.41, 5.74) is -0.710. The topological polar surface area (TPSA) is 42.0 Å². The van der Waals surface area contributed by atoms with Crippen LogP contribution in [-0.4, -0.2) is 40.8 Å². The molecule has 1 aromatic heterocycles. The zero-order chi connectivity index (χ0) is 20.8. The summed E-state index contributed by atoms with van der Waals surface area (Å²) in [6, 6.07) is 1.45. The minimum Gasteiger partial charge on any atom is -0.320 e. The van der Waals surface area contributed by atoms with Gasteiger partial charge in [-0.2, -0.15) is 48.3 Å². The number of pyridine rings is 1. The molecule has 0 bridgehead atoms. The molecule has 0 aliphatic carbocycles. The molecule has 0 fully saturated rings. The Labute approximate surface area is 144 Å². The maximum absolute atomic E-state index is 13.4. The van der Waals surface area contributed by atoms with Crippen LogP contribution in [0.15, 0.2) is 22.9 Å². The normalized spacial score (nSPS) is 14.3. The van der Waals surface area contributed by atoms with E-state index in [0.29, 0.717) is 0 Å². The average Bonchev–Trinajstić information content (AvgIpc) is 2.45. The largest absolute Gasteiger partial charge is 0.460 e. The van der Waals surface area contributed by atoms with E-state index in [9.17, 15) is 53.1 Å². The molecule has 0 saturated heterocycles. The fourth-order valence-electron chi connectivity index (χ4n) is 1.40. The van der Waals surface area contributed by atoms with Gasteiger partial charge in [0.1, 0.15) is 4.60 Å². The van der Waals surface area contributed by atoms with Crippen LogP contribution in [0.5, 0.6) is 0 Å². The molecule has 1 amide bonds. The lowest BCUT2D eigenvalue weighted by atomic mass is 9.97. The fourth-order valence-corrected chi connectivity index (χ4v) is 1.77. The number of carbonyl (C=O) groups is 1. The molecule has 1 heterocycles. The van der Waals surface area contributed by atoms with Gasteiger partial charge >= 0.3 is 35.8 Å². The predicted molar refractivity (Wildman–Crippen MR) is 66.4 cm³/mol. The lowest BCUT2D eigenvalue weighted by Crippen LogP contribution is -2.68. The average molecular weight is 469 g/mol. The first-order valence-corrected chi connectivity index (χ1v) is 6.70. The number of alkyl halides is 11. The van der Waals surface area contributed by atoms with Crippen molar-refractivity contribution in [3.8, 4) is 0 Å². The van der Waals surface area contributed by atoms with Gasteiger partial charge in [0.15, 0.2) is 0 Å². The second-order valence-electron chi connectivity index (χ2n) is 4.62. The first-order chi connectivity index (χ1) is 11.4. The van der Waals surface area contributed by atoms with Crippen molar-refractivity contribution in [3.05, 3.63) is 22.9 Å². The van der Waals surface area contributed by atoms with Crippen molar-refractivity contribution in [1.82, 2.24) is 4.98 Å². The predicted octanol–water partition coefficient (Wildman–Crippen LogP) is 4.89. The summed E-state index contributed by atoms with van der Waals surface area (Å²) in [7, 11) is 0. The number of hydrogen-bond donors (Lipinski definition) is 1. The standard InChI is InChI=1S/C11H4BrF11N2O/c12-5-3-4(1-2-24-5)25-6(26)7(13,14)8(15,16)9(17,18)10(19,20)11(21,22)23/h1-3H,(H,24,25,26). The zero-order valence-corrected chi connectivity index (χ0v) is 13.2. The van der Waals surface area contributed by atoms with Crippen molar-refractivity contribution in [2.24, 2.45) is 0 Å². The van der Waals surface area contributed by atoms with Crippen LogP contribution >= 0.6 is 15.9 Å². The van der Waals surface area contributed by atoms with E-state index in [0.717, 1.165) is 23.6 Å². The number of aromatic nitrogens is 1. The Morgan fingerprint density at radius 1 is 0.885 bits per heavy atom. The van der Waals surface area contributed by atoms with Crippen molar-refractivity contribution >= 4 is 27.5 Å². The van der Waals surface area contributed by atoms with Gasteiger partial charge in [0.25, 0.3) is 0 Å². The first kappa shape index (κ1) is 22.4. The highest BCUT2D eigenvalue weighted by Gasteiger charge is 2.88. The molecule has 0 aliphatic rings.